The van der Waals surface area contributed by atoms with E-state index in [1.54, 1.807) is 25.1 Å². The van der Waals surface area contributed by atoms with Crippen LogP contribution in [0.1, 0.15) is 18.4 Å². The van der Waals surface area contributed by atoms with Crippen LogP contribution < -0.4 is 10.6 Å². The van der Waals surface area contributed by atoms with Gasteiger partial charge in [-0.2, -0.15) is 0 Å². The second-order valence-electron chi connectivity index (χ2n) is 6.03. The van der Waals surface area contributed by atoms with Crippen LogP contribution in [0.4, 0.5) is 20.2 Å². The molecule has 0 radical (unpaired) electrons. The first-order valence-electron chi connectivity index (χ1n) is 7.66. The number of nitrogens with one attached hydrogen (secondary N) is 2. The van der Waals surface area contributed by atoms with Crippen molar-refractivity contribution in [1.82, 2.24) is 0 Å². The lowest BCUT2D eigenvalue weighted by molar-refractivity contribution is -0.131. The summed E-state index contributed by atoms with van der Waals surface area (Å²) in [7, 11) is 0. The number of hydrogen-bond acceptors (Lipinski definition) is 2. The Hall–Kier alpha value is -2.47. The number of rotatable bonds is 4. The molecule has 1 fully saturated rings. The minimum Gasteiger partial charge on any atom is -0.325 e. The van der Waals surface area contributed by atoms with E-state index in [4.69, 9.17) is 11.6 Å². The molecule has 2 aromatic rings. The Morgan fingerprint density at radius 2 is 1.72 bits per heavy atom. The summed E-state index contributed by atoms with van der Waals surface area (Å²) in [6.45, 7) is 1.76. The summed E-state index contributed by atoms with van der Waals surface area (Å²) in [5, 5.41) is 5.70. The SMILES string of the molecule is Cc1c(Cl)cccc1NC(=O)C1(C(=O)Nc2ccc(F)c(F)c2)CC1. The van der Waals surface area contributed by atoms with Crippen molar-refractivity contribution in [3.63, 3.8) is 0 Å². The molecule has 2 N–H and O–H groups in total. The van der Waals surface area contributed by atoms with E-state index in [0.29, 0.717) is 29.1 Å². The maximum Gasteiger partial charge on any atom is 0.240 e. The van der Waals surface area contributed by atoms with E-state index in [1.165, 1.54) is 6.07 Å². The molecule has 0 atom stereocenters. The van der Waals surface area contributed by atoms with Crippen LogP contribution in [0.2, 0.25) is 5.02 Å². The van der Waals surface area contributed by atoms with E-state index >= 15 is 0 Å². The first-order valence-corrected chi connectivity index (χ1v) is 8.04. The molecule has 1 aliphatic rings. The van der Waals surface area contributed by atoms with Crippen molar-refractivity contribution in [2.45, 2.75) is 19.8 Å². The number of anilines is 2. The van der Waals surface area contributed by atoms with Gasteiger partial charge in [-0.25, -0.2) is 8.78 Å². The smallest absolute Gasteiger partial charge is 0.240 e. The molecule has 7 heteroatoms. The zero-order valence-electron chi connectivity index (χ0n) is 13.3. The highest BCUT2D eigenvalue weighted by molar-refractivity contribution is 6.31. The molecule has 2 aromatic carbocycles. The average molecular weight is 365 g/mol. The molecule has 0 heterocycles. The van der Waals surface area contributed by atoms with Gasteiger partial charge in [0.1, 0.15) is 5.41 Å². The van der Waals surface area contributed by atoms with Crippen LogP contribution in [0.3, 0.4) is 0 Å². The van der Waals surface area contributed by atoms with Gasteiger partial charge in [-0.3, -0.25) is 9.59 Å². The Morgan fingerprint density at radius 3 is 2.36 bits per heavy atom. The Bertz CT molecular complexity index is 866. The predicted octanol–water partition coefficient (Wildman–Crippen LogP) is 4.28. The maximum absolute atomic E-state index is 13.3. The van der Waals surface area contributed by atoms with Gasteiger partial charge in [-0.15, -0.1) is 0 Å². The first kappa shape index (κ1) is 17.4. The van der Waals surface area contributed by atoms with Crippen molar-refractivity contribution in [2.24, 2.45) is 5.41 Å². The molecular weight excluding hydrogens is 350 g/mol. The monoisotopic (exact) mass is 364 g/mol. The van der Waals surface area contributed by atoms with Gasteiger partial charge in [-0.05, 0) is 49.6 Å². The lowest BCUT2D eigenvalue weighted by atomic mass is 10.0. The van der Waals surface area contributed by atoms with Gasteiger partial charge in [0.25, 0.3) is 0 Å². The third-order valence-electron chi connectivity index (χ3n) is 4.31. The zero-order chi connectivity index (χ0) is 18.2. The van der Waals surface area contributed by atoms with Gasteiger partial charge in [0, 0.05) is 22.5 Å². The summed E-state index contributed by atoms with van der Waals surface area (Å²) in [5.74, 6) is -3.07. The van der Waals surface area contributed by atoms with Crippen LogP contribution in [0.5, 0.6) is 0 Å². The molecule has 1 aliphatic carbocycles. The van der Waals surface area contributed by atoms with Gasteiger partial charge in [0.05, 0.1) is 0 Å². The molecule has 25 heavy (non-hydrogen) atoms. The van der Waals surface area contributed by atoms with Crippen molar-refractivity contribution in [3.05, 3.63) is 58.6 Å². The lowest BCUT2D eigenvalue weighted by Crippen LogP contribution is -2.35. The van der Waals surface area contributed by atoms with E-state index in [9.17, 15) is 18.4 Å². The highest BCUT2D eigenvalue weighted by atomic mass is 35.5. The second kappa shape index (κ2) is 6.44. The highest BCUT2D eigenvalue weighted by Gasteiger charge is 2.56. The topological polar surface area (TPSA) is 58.2 Å². The Labute approximate surface area is 148 Å². The van der Waals surface area contributed by atoms with E-state index in [1.807, 2.05) is 0 Å². The van der Waals surface area contributed by atoms with Gasteiger partial charge in [0.15, 0.2) is 11.6 Å². The molecule has 0 unspecified atom stereocenters. The summed E-state index contributed by atoms with van der Waals surface area (Å²) < 4.78 is 26.2. The van der Waals surface area contributed by atoms with Gasteiger partial charge >= 0.3 is 0 Å². The van der Waals surface area contributed by atoms with Crippen molar-refractivity contribution in [1.29, 1.82) is 0 Å². The third kappa shape index (κ3) is 3.35. The van der Waals surface area contributed by atoms with Gasteiger partial charge < -0.3 is 10.6 Å². The largest absolute Gasteiger partial charge is 0.325 e. The number of amides is 2. The molecule has 0 saturated heterocycles. The van der Waals surface area contributed by atoms with E-state index in [-0.39, 0.29) is 5.69 Å². The van der Waals surface area contributed by atoms with Crippen molar-refractivity contribution < 1.29 is 18.4 Å². The molecule has 130 valence electrons. The van der Waals surface area contributed by atoms with Crippen molar-refractivity contribution >= 4 is 34.8 Å². The second-order valence-corrected chi connectivity index (χ2v) is 6.44. The standard InChI is InChI=1S/C18H15ClF2N2O2/c1-10-12(19)3-2-4-15(10)23-17(25)18(7-8-18)16(24)22-11-5-6-13(20)14(21)9-11/h2-6,9H,7-8H2,1H3,(H,22,24)(H,23,25). The number of halogens is 3. The van der Waals surface area contributed by atoms with Crippen LogP contribution in [0.25, 0.3) is 0 Å². The number of benzene rings is 2. The Balaban J connectivity index is 1.74. The van der Waals surface area contributed by atoms with Crippen LogP contribution in [-0.2, 0) is 9.59 Å². The summed E-state index contributed by atoms with van der Waals surface area (Å²) >= 11 is 6.03. The van der Waals surface area contributed by atoms with Crippen LogP contribution >= 0.6 is 11.6 Å². The van der Waals surface area contributed by atoms with E-state index < -0.39 is 28.9 Å². The Kier molecular flexibility index (Phi) is 4.47. The maximum atomic E-state index is 13.3. The van der Waals surface area contributed by atoms with Crippen molar-refractivity contribution in [3.8, 4) is 0 Å². The fourth-order valence-electron chi connectivity index (χ4n) is 2.49. The normalized spacial score (nSPS) is 14.7. The van der Waals surface area contributed by atoms with E-state index in [2.05, 4.69) is 10.6 Å². The van der Waals surface area contributed by atoms with Crippen LogP contribution in [-0.4, -0.2) is 11.8 Å². The third-order valence-corrected chi connectivity index (χ3v) is 4.72. The minimum atomic E-state index is -1.21. The molecule has 3 rings (SSSR count). The summed E-state index contributed by atoms with van der Waals surface area (Å²) in [6.07, 6.45) is 0.766. The summed E-state index contributed by atoms with van der Waals surface area (Å²) in [6, 6.07) is 8.14. The summed E-state index contributed by atoms with van der Waals surface area (Å²) in [5.41, 5.74) is 0.125. The number of carbonyl (C=O) groups excluding carboxylic acids is 2. The van der Waals surface area contributed by atoms with Gasteiger partial charge in [0.2, 0.25) is 11.8 Å². The number of carbonyl (C=O) groups is 2. The zero-order valence-corrected chi connectivity index (χ0v) is 14.1. The first-order chi connectivity index (χ1) is 11.8. The molecule has 0 spiro atoms. The molecular formula is C18H15ClF2N2O2. The van der Waals surface area contributed by atoms with E-state index in [0.717, 1.165) is 12.1 Å². The molecule has 4 nitrogen and oxygen atoms in total. The molecule has 0 aliphatic heterocycles. The summed E-state index contributed by atoms with van der Waals surface area (Å²) in [4.78, 5) is 25.0. The fraction of sp³-hybridized carbons (Fsp3) is 0.222. The lowest BCUT2D eigenvalue weighted by Gasteiger charge is -2.17. The average Bonchev–Trinajstić information content (AvgIpc) is 3.37. The molecule has 0 aromatic heterocycles. The predicted molar refractivity (Wildman–Crippen MR) is 91.5 cm³/mol. The van der Waals surface area contributed by atoms with Crippen LogP contribution in [0, 0.1) is 24.0 Å². The molecule has 2 amide bonds. The van der Waals surface area contributed by atoms with Gasteiger partial charge in [-0.1, -0.05) is 17.7 Å². The highest BCUT2D eigenvalue weighted by Crippen LogP contribution is 2.47. The van der Waals surface area contributed by atoms with Crippen molar-refractivity contribution in [2.75, 3.05) is 10.6 Å². The quantitative estimate of drug-likeness (QED) is 0.795. The Morgan fingerprint density at radius 1 is 1.04 bits per heavy atom. The molecule has 1 saturated carbocycles. The minimum absolute atomic E-state index is 0.0990. The molecule has 0 bridgehead atoms. The fourth-order valence-corrected chi connectivity index (χ4v) is 2.67. The van der Waals surface area contributed by atoms with Crippen LogP contribution in [0.15, 0.2) is 36.4 Å². The number of hydrogen-bond donors (Lipinski definition) is 2.